The summed E-state index contributed by atoms with van der Waals surface area (Å²) in [4.78, 5) is 67.3. The number of halogens is 4. The van der Waals surface area contributed by atoms with Crippen molar-refractivity contribution < 1.29 is 46.6 Å². The summed E-state index contributed by atoms with van der Waals surface area (Å²) in [5, 5.41) is 14.7. The number of hydrogen-bond donors (Lipinski definition) is 3. The fraction of sp³-hybridized carbons (Fsp3) is 0.357. The Morgan fingerprint density at radius 1 is 1.20 bits per heavy atom. The lowest BCUT2D eigenvalue weighted by molar-refractivity contribution is -0.134. The van der Waals surface area contributed by atoms with E-state index in [0.717, 1.165) is 21.6 Å². The quantitative estimate of drug-likeness (QED) is 0.212. The maximum atomic E-state index is 14.2. The Morgan fingerprint density at radius 2 is 1.91 bits per heavy atom. The van der Waals surface area contributed by atoms with Crippen LogP contribution in [0.2, 0.25) is 0 Å². The van der Waals surface area contributed by atoms with Crippen LogP contribution in [0.1, 0.15) is 30.7 Å². The van der Waals surface area contributed by atoms with Crippen molar-refractivity contribution in [3.63, 3.8) is 0 Å². The van der Waals surface area contributed by atoms with Gasteiger partial charge in [0.05, 0.1) is 17.6 Å². The number of alkyl halides is 3. The average Bonchev–Trinajstić information content (AvgIpc) is 3.32. The van der Waals surface area contributed by atoms with Gasteiger partial charge in [0, 0.05) is 39.8 Å². The number of nitrogens with one attached hydrogen (secondary N) is 2. The lowest BCUT2D eigenvalue weighted by Crippen LogP contribution is -2.37. The Labute approximate surface area is 253 Å². The number of amides is 3. The molecule has 3 aromatic rings. The van der Waals surface area contributed by atoms with E-state index in [0.29, 0.717) is 4.57 Å². The first-order chi connectivity index (χ1) is 21.1. The molecule has 0 radical (unpaired) electrons. The second-order valence-electron chi connectivity index (χ2n) is 9.90. The molecule has 0 aliphatic rings. The van der Waals surface area contributed by atoms with Crippen molar-refractivity contribution >= 4 is 40.7 Å². The molecule has 1 atom stereocenters. The number of nitrogens with zero attached hydrogens (tertiary/aromatic N) is 4. The van der Waals surface area contributed by atoms with Gasteiger partial charge in [-0.2, -0.15) is 13.2 Å². The van der Waals surface area contributed by atoms with Gasteiger partial charge in [0.1, 0.15) is 17.3 Å². The molecular formula is C28H30F4N6O7. The van der Waals surface area contributed by atoms with Gasteiger partial charge in [-0.15, -0.1) is 0 Å². The number of anilines is 1. The summed E-state index contributed by atoms with van der Waals surface area (Å²) in [6.45, 7) is -0.521. The van der Waals surface area contributed by atoms with Crippen LogP contribution < -0.4 is 16.2 Å². The Morgan fingerprint density at radius 3 is 2.53 bits per heavy atom. The van der Waals surface area contributed by atoms with Crippen molar-refractivity contribution in [1.29, 1.82) is 0 Å². The number of rotatable bonds is 11. The molecule has 17 heteroatoms. The van der Waals surface area contributed by atoms with Crippen LogP contribution in [0.4, 0.5) is 32.8 Å². The number of benzene rings is 1. The number of carboxylic acid groups (broad SMARTS) is 1. The van der Waals surface area contributed by atoms with Gasteiger partial charge in [-0.1, -0.05) is 6.08 Å². The van der Waals surface area contributed by atoms with Gasteiger partial charge in [0.25, 0.3) is 11.5 Å². The van der Waals surface area contributed by atoms with Crippen LogP contribution in [0.15, 0.2) is 47.4 Å². The first kappa shape index (κ1) is 34.3. The lowest BCUT2D eigenvalue weighted by Gasteiger charge is -2.19. The molecule has 0 spiro atoms. The smallest absolute Gasteiger partial charge is 0.417 e. The molecule has 13 nitrogen and oxygen atoms in total. The Kier molecular flexibility index (Phi) is 11.0. The first-order valence-electron chi connectivity index (χ1n) is 13.4. The zero-order valence-corrected chi connectivity index (χ0v) is 24.4. The molecule has 45 heavy (non-hydrogen) atoms. The molecule has 242 valence electrons. The number of hydrogen-bond acceptors (Lipinski definition) is 7. The topological polar surface area (TPSA) is 165 Å². The predicted molar refractivity (Wildman–Crippen MR) is 152 cm³/mol. The van der Waals surface area contributed by atoms with E-state index >= 15 is 0 Å². The molecule has 0 aliphatic carbocycles. The Bertz CT molecular complexity index is 1680. The van der Waals surface area contributed by atoms with Crippen molar-refractivity contribution in [1.82, 2.24) is 24.3 Å². The second kappa shape index (κ2) is 14.5. The number of fused-ring (bicyclic) bond motifs is 1. The van der Waals surface area contributed by atoms with Gasteiger partial charge in [-0.3, -0.25) is 14.4 Å². The number of pyridine rings is 1. The third kappa shape index (κ3) is 9.14. The van der Waals surface area contributed by atoms with Crippen LogP contribution in [0.25, 0.3) is 11.0 Å². The van der Waals surface area contributed by atoms with E-state index in [-0.39, 0.29) is 46.9 Å². The molecule has 0 fully saturated rings. The molecule has 0 saturated carbocycles. The number of carbonyl (C=O) groups is 4. The molecule has 3 N–H and O–H groups in total. The third-order valence-electron chi connectivity index (χ3n) is 6.34. The number of imidazole rings is 1. The van der Waals surface area contributed by atoms with E-state index < -0.39 is 61.1 Å². The monoisotopic (exact) mass is 638 g/mol. The fourth-order valence-electron chi connectivity index (χ4n) is 4.19. The predicted octanol–water partition coefficient (Wildman–Crippen LogP) is 3.49. The van der Waals surface area contributed by atoms with Crippen LogP contribution in [0.3, 0.4) is 0 Å². The highest BCUT2D eigenvalue weighted by atomic mass is 19.4. The van der Waals surface area contributed by atoms with Crippen molar-refractivity contribution in [2.75, 3.05) is 26.5 Å². The summed E-state index contributed by atoms with van der Waals surface area (Å²) in [7, 11) is 4.23. The number of aryl methyl sites for hydroxylation is 1. The summed E-state index contributed by atoms with van der Waals surface area (Å²) in [5.74, 6) is -2.47. The number of allylic oxidation sites excluding steroid dienone is 1. The van der Waals surface area contributed by atoms with E-state index in [1.54, 1.807) is 0 Å². The standard InChI is InChI=1S/C28H30F4N6O7/c1-33-22(39)9-5-4-8-20(45-27(44)36(2)3)24(40)35-18-7-6-12-37(25(18)41)15-21-34-19-14-17(29)13-16(10-11-28(30,31)32)23(19)38(21)26(42)43/h5-7,9,12-14,20H,4,8,10-11,15H2,1-3H3,(H,33,39)(H,35,40)(H,42,43)/b9-5+. The lowest BCUT2D eigenvalue weighted by atomic mass is 10.1. The van der Waals surface area contributed by atoms with Gasteiger partial charge < -0.3 is 29.9 Å². The molecular weight excluding hydrogens is 608 g/mol. The van der Waals surface area contributed by atoms with Gasteiger partial charge in [0.15, 0.2) is 6.10 Å². The minimum absolute atomic E-state index is 0.0458. The third-order valence-corrected chi connectivity index (χ3v) is 6.34. The second-order valence-corrected chi connectivity index (χ2v) is 9.90. The van der Waals surface area contributed by atoms with Crippen molar-refractivity contribution in [2.24, 2.45) is 0 Å². The zero-order chi connectivity index (χ0) is 33.5. The van der Waals surface area contributed by atoms with Crippen LogP contribution >= 0.6 is 0 Å². The number of likely N-dealkylation sites (N-methyl/N-ethyl adjacent to an activating group) is 1. The van der Waals surface area contributed by atoms with Gasteiger partial charge >= 0.3 is 18.4 Å². The summed E-state index contributed by atoms with van der Waals surface area (Å²) in [5.41, 5.74) is -1.81. The zero-order valence-electron chi connectivity index (χ0n) is 24.4. The molecule has 2 heterocycles. The summed E-state index contributed by atoms with van der Waals surface area (Å²) in [6.07, 6.45) is -6.40. The highest BCUT2D eigenvalue weighted by Crippen LogP contribution is 2.28. The van der Waals surface area contributed by atoms with E-state index in [4.69, 9.17) is 4.74 Å². The maximum absolute atomic E-state index is 14.2. The normalized spacial score (nSPS) is 12.2. The van der Waals surface area contributed by atoms with E-state index in [9.17, 15) is 46.6 Å². The van der Waals surface area contributed by atoms with Crippen molar-refractivity contribution in [3.8, 4) is 0 Å². The molecule has 3 rings (SSSR count). The minimum Gasteiger partial charge on any atom is -0.464 e. The van der Waals surface area contributed by atoms with Crippen LogP contribution in [0, 0.1) is 5.82 Å². The SMILES string of the molecule is CNC(=O)/C=C/CCC(OC(=O)N(C)C)C(=O)Nc1cccn(Cc2nc3cc(F)cc(CCC(F)(F)F)c3n2C(=O)O)c1=O. The summed E-state index contributed by atoms with van der Waals surface area (Å²) in [6, 6.07) is 4.27. The van der Waals surface area contributed by atoms with E-state index in [1.807, 2.05) is 0 Å². The highest BCUT2D eigenvalue weighted by molar-refractivity contribution is 5.95. The molecule has 3 amide bonds. The maximum Gasteiger partial charge on any atom is 0.417 e. The molecule has 1 aromatic carbocycles. The molecule has 0 saturated heterocycles. The van der Waals surface area contributed by atoms with Crippen molar-refractivity contribution in [2.45, 2.75) is 44.5 Å². The Hall–Kier alpha value is -5.22. The van der Waals surface area contributed by atoms with Crippen molar-refractivity contribution in [3.05, 3.63) is 70.2 Å². The van der Waals surface area contributed by atoms with Crippen LogP contribution in [0.5, 0.6) is 0 Å². The number of ether oxygens (including phenoxy) is 1. The Balaban J connectivity index is 1.92. The first-order valence-corrected chi connectivity index (χ1v) is 13.4. The molecule has 2 aromatic heterocycles. The largest absolute Gasteiger partial charge is 0.464 e. The molecule has 1 unspecified atom stereocenters. The summed E-state index contributed by atoms with van der Waals surface area (Å²) >= 11 is 0. The van der Waals surface area contributed by atoms with E-state index in [1.165, 1.54) is 51.6 Å². The minimum atomic E-state index is -4.58. The van der Waals surface area contributed by atoms with Gasteiger partial charge in [-0.05, 0) is 49.1 Å². The van der Waals surface area contributed by atoms with Crippen LogP contribution in [-0.2, 0) is 27.3 Å². The highest BCUT2D eigenvalue weighted by Gasteiger charge is 2.29. The molecule has 0 aliphatic heterocycles. The summed E-state index contributed by atoms with van der Waals surface area (Å²) < 4.78 is 59.7. The fourth-order valence-corrected chi connectivity index (χ4v) is 4.19. The van der Waals surface area contributed by atoms with E-state index in [2.05, 4.69) is 15.6 Å². The number of carbonyl (C=O) groups excluding carboxylic acids is 3. The molecule has 0 bridgehead atoms. The van der Waals surface area contributed by atoms with Gasteiger partial charge in [-0.25, -0.2) is 23.5 Å². The average molecular weight is 639 g/mol. The van der Waals surface area contributed by atoms with Gasteiger partial charge in [0.2, 0.25) is 5.91 Å². The van der Waals surface area contributed by atoms with Crippen LogP contribution in [-0.4, -0.2) is 81.5 Å². The number of aromatic nitrogens is 3.